The molecule has 2 rings (SSSR count). The Labute approximate surface area is 147 Å². The van der Waals surface area contributed by atoms with E-state index in [-0.39, 0.29) is 18.3 Å². The van der Waals surface area contributed by atoms with Gasteiger partial charge in [0.25, 0.3) is 0 Å². The van der Waals surface area contributed by atoms with Gasteiger partial charge in [-0.15, -0.1) is 12.4 Å². The molecule has 1 aliphatic rings. The maximum Gasteiger partial charge on any atom is 0.238 e. The highest BCUT2D eigenvalue weighted by atomic mass is 35.5. The quantitative estimate of drug-likeness (QED) is 0.840. The third-order valence-corrected chi connectivity index (χ3v) is 4.38. The van der Waals surface area contributed by atoms with Crippen molar-refractivity contribution in [2.45, 2.75) is 12.8 Å². The van der Waals surface area contributed by atoms with Gasteiger partial charge in [-0.25, -0.2) is 0 Å². The van der Waals surface area contributed by atoms with Crippen LogP contribution in [0.3, 0.4) is 0 Å². The molecule has 0 radical (unpaired) electrons. The zero-order chi connectivity index (χ0) is 15.2. The maximum absolute atomic E-state index is 12.0. The highest BCUT2D eigenvalue weighted by Crippen LogP contribution is 2.24. The normalized spacial score (nSPS) is 15.5. The summed E-state index contributed by atoms with van der Waals surface area (Å²) in [6, 6.07) is 5.09. The van der Waals surface area contributed by atoms with Crippen molar-refractivity contribution in [2.75, 3.05) is 38.5 Å². The molecule has 1 saturated heterocycles. The van der Waals surface area contributed by atoms with Gasteiger partial charge >= 0.3 is 0 Å². The van der Waals surface area contributed by atoms with E-state index in [4.69, 9.17) is 23.2 Å². The Kier molecular flexibility index (Phi) is 8.50. The average Bonchev–Trinajstić information content (AvgIpc) is 2.43. The molecule has 1 fully saturated rings. The molecule has 0 unspecified atom stereocenters. The fourth-order valence-electron chi connectivity index (χ4n) is 2.59. The minimum atomic E-state index is -0.0372. The Bertz CT molecular complexity index is 493. The first kappa shape index (κ1) is 19.5. The number of rotatable bonds is 5. The first-order chi connectivity index (χ1) is 10.0. The maximum atomic E-state index is 12.0. The van der Waals surface area contributed by atoms with Gasteiger partial charge in [0.2, 0.25) is 5.91 Å². The number of anilines is 1. The fraction of sp³-hybridized carbons (Fsp3) is 0.533. The standard InChI is InChI=1S/C15H21Cl2N3O.ClH/c1-20(9-11-4-6-18-7-5-11)10-15(21)19-12-2-3-13(16)14(17)8-12;/h2-3,8,11,18H,4-7,9-10H2,1H3,(H,19,21);1H. The van der Waals surface area contributed by atoms with Crippen LogP contribution in [0.2, 0.25) is 10.0 Å². The Hall–Kier alpha value is -0.520. The fourth-order valence-corrected chi connectivity index (χ4v) is 2.89. The summed E-state index contributed by atoms with van der Waals surface area (Å²) < 4.78 is 0. The molecule has 0 spiro atoms. The van der Waals surface area contributed by atoms with E-state index in [9.17, 15) is 4.79 Å². The Balaban J connectivity index is 0.00000242. The molecule has 22 heavy (non-hydrogen) atoms. The van der Waals surface area contributed by atoms with Gasteiger partial charge < -0.3 is 10.6 Å². The van der Waals surface area contributed by atoms with E-state index in [1.807, 2.05) is 7.05 Å². The predicted molar refractivity (Wildman–Crippen MR) is 95.4 cm³/mol. The first-order valence-electron chi connectivity index (χ1n) is 7.19. The molecule has 2 N–H and O–H groups in total. The molecule has 124 valence electrons. The molecule has 1 heterocycles. The van der Waals surface area contributed by atoms with Gasteiger partial charge in [0.1, 0.15) is 0 Å². The molecule has 1 amide bonds. The lowest BCUT2D eigenvalue weighted by Gasteiger charge is -2.27. The Morgan fingerprint density at radius 3 is 2.64 bits per heavy atom. The van der Waals surface area contributed by atoms with Crippen LogP contribution >= 0.6 is 35.6 Å². The number of carbonyl (C=O) groups is 1. The summed E-state index contributed by atoms with van der Waals surface area (Å²) >= 11 is 11.8. The second kappa shape index (κ2) is 9.58. The number of halogens is 3. The van der Waals surface area contributed by atoms with Crippen molar-refractivity contribution in [1.82, 2.24) is 10.2 Å². The van der Waals surface area contributed by atoms with Gasteiger partial charge in [-0.2, -0.15) is 0 Å². The Morgan fingerprint density at radius 2 is 2.00 bits per heavy atom. The second-order valence-corrected chi connectivity index (χ2v) is 6.38. The molecule has 0 aromatic heterocycles. The van der Waals surface area contributed by atoms with Crippen molar-refractivity contribution < 1.29 is 4.79 Å². The molecule has 0 saturated carbocycles. The summed E-state index contributed by atoms with van der Waals surface area (Å²) in [5, 5.41) is 7.12. The van der Waals surface area contributed by atoms with Crippen LogP contribution in [0.1, 0.15) is 12.8 Å². The van der Waals surface area contributed by atoms with E-state index >= 15 is 0 Å². The van der Waals surface area contributed by atoms with Crippen molar-refractivity contribution >= 4 is 47.2 Å². The summed E-state index contributed by atoms with van der Waals surface area (Å²) in [5.74, 6) is 0.638. The summed E-state index contributed by atoms with van der Waals surface area (Å²) in [6.45, 7) is 3.49. The highest BCUT2D eigenvalue weighted by Gasteiger charge is 2.16. The number of piperidine rings is 1. The summed E-state index contributed by atoms with van der Waals surface area (Å²) in [5.41, 5.74) is 0.671. The van der Waals surface area contributed by atoms with E-state index in [2.05, 4.69) is 15.5 Å². The molecule has 0 bridgehead atoms. The van der Waals surface area contributed by atoms with Crippen LogP contribution in [0.25, 0.3) is 0 Å². The van der Waals surface area contributed by atoms with Crippen LogP contribution < -0.4 is 10.6 Å². The van der Waals surface area contributed by atoms with Crippen LogP contribution in [0, 0.1) is 5.92 Å². The SMILES string of the molecule is CN(CC(=O)Nc1ccc(Cl)c(Cl)c1)CC1CCNCC1.Cl. The molecule has 0 atom stereocenters. The number of amides is 1. The summed E-state index contributed by atoms with van der Waals surface area (Å²) in [7, 11) is 1.98. The van der Waals surface area contributed by atoms with E-state index in [0.29, 0.717) is 28.2 Å². The number of hydrogen-bond donors (Lipinski definition) is 2. The minimum Gasteiger partial charge on any atom is -0.325 e. The van der Waals surface area contributed by atoms with Gasteiger partial charge in [-0.1, -0.05) is 23.2 Å². The molecule has 1 aromatic rings. The molecular formula is C15H22Cl3N3O. The lowest BCUT2D eigenvalue weighted by Crippen LogP contribution is -2.37. The minimum absolute atomic E-state index is 0. The van der Waals surface area contributed by atoms with Crippen LogP contribution in [0.5, 0.6) is 0 Å². The van der Waals surface area contributed by atoms with Gasteiger partial charge in [0.05, 0.1) is 16.6 Å². The largest absolute Gasteiger partial charge is 0.325 e. The number of carbonyl (C=O) groups excluding carboxylic acids is 1. The third-order valence-electron chi connectivity index (χ3n) is 3.65. The lowest BCUT2D eigenvalue weighted by molar-refractivity contribution is -0.117. The molecule has 1 aromatic carbocycles. The molecule has 1 aliphatic heterocycles. The van der Waals surface area contributed by atoms with Crippen molar-refractivity contribution in [3.05, 3.63) is 28.2 Å². The smallest absolute Gasteiger partial charge is 0.238 e. The molecule has 0 aliphatic carbocycles. The van der Waals surface area contributed by atoms with Crippen LogP contribution in [-0.4, -0.2) is 44.0 Å². The third kappa shape index (κ3) is 6.31. The van der Waals surface area contributed by atoms with E-state index in [0.717, 1.165) is 19.6 Å². The van der Waals surface area contributed by atoms with Gasteiger partial charge in [0.15, 0.2) is 0 Å². The van der Waals surface area contributed by atoms with Gasteiger partial charge in [0, 0.05) is 12.2 Å². The Morgan fingerprint density at radius 1 is 1.32 bits per heavy atom. The first-order valence-corrected chi connectivity index (χ1v) is 7.94. The molecule has 7 heteroatoms. The number of likely N-dealkylation sites (N-methyl/N-ethyl adjacent to an activating group) is 1. The number of benzene rings is 1. The molecular weight excluding hydrogens is 345 g/mol. The van der Waals surface area contributed by atoms with Gasteiger partial charge in [-0.3, -0.25) is 9.69 Å². The predicted octanol–water partition coefficient (Wildman–Crippen LogP) is 3.29. The van der Waals surface area contributed by atoms with Crippen LogP contribution in [0.15, 0.2) is 18.2 Å². The van der Waals surface area contributed by atoms with E-state index < -0.39 is 0 Å². The second-order valence-electron chi connectivity index (χ2n) is 5.57. The summed E-state index contributed by atoms with van der Waals surface area (Å²) in [4.78, 5) is 14.1. The van der Waals surface area contributed by atoms with Crippen LogP contribution in [-0.2, 0) is 4.79 Å². The molecule has 4 nitrogen and oxygen atoms in total. The lowest BCUT2D eigenvalue weighted by atomic mass is 9.98. The van der Waals surface area contributed by atoms with Crippen LogP contribution in [0.4, 0.5) is 5.69 Å². The van der Waals surface area contributed by atoms with Gasteiger partial charge in [-0.05, 0) is 57.1 Å². The summed E-state index contributed by atoms with van der Waals surface area (Å²) in [6.07, 6.45) is 2.36. The topological polar surface area (TPSA) is 44.4 Å². The zero-order valence-corrected chi connectivity index (χ0v) is 14.9. The van der Waals surface area contributed by atoms with Crippen molar-refractivity contribution in [1.29, 1.82) is 0 Å². The van der Waals surface area contributed by atoms with Crippen molar-refractivity contribution in [3.8, 4) is 0 Å². The number of nitrogens with zero attached hydrogens (tertiary/aromatic N) is 1. The van der Waals surface area contributed by atoms with E-state index in [1.165, 1.54) is 12.8 Å². The van der Waals surface area contributed by atoms with Crippen molar-refractivity contribution in [3.63, 3.8) is 0 Å². The monoisotopic (exact) mass is 365 g/mol. The zero-order valence-electron chi connectivity index (χ0n) is 12.6. The average molecular weight is 367 g/mol. The van der Waals surface area contributed by atoms with E-state index in [1.54, 1.807) is 18.2 Å². The number of nitrogens with one attached hydrogen (secondary N) is 2. The highest BCUT2D eigenvalue weighted by molar-refractivity contribution is 6.42. The van der Waals surface area contributed by atoms with Crippen molar-refractivity contribution in [2.24, 2.45) is 5.92 Å². The number of hydrogen-bond acceptors (Lipinski definition) is 3.